The SMILES string of the molecule is CC(C)(CBr)c1cccc2[nH]ccc12. The zero-order chi connectivity index (χ0) is 10.2. The van der Waals surface area contributed by atoms with Crippen LogP contribution in [0, 0.1) is 0 Å². The number of halogens is 1. The fraction of sp³-hybridized carbons (Fsp3) is 0.333. The summed E-state index contributed by atoms with van der Waals surface area (Å²) in [6.45, 7) is 4.51. The summed E-state index contributed by atoms with van der Waals surface area (Å²) in [7, 11) is 0. The molecule has 1 heterocycles. The quantitative estimate of drug-likeness (QED) is 0.781. The molecule has 0 saturated heterocycles. The molecule has 0 aliphatic rings. The topological polar surface area (TPSA) is 15.8 Å². The summed E-state index contributed by atoms with van der Waals surface area (Å²) in [5, 5.41) is 2.31. The minimum atomic E-state index is 0.182. The fourth-order valence-electron chi connectivity index (χ4n) is 1.75. The number of benzene rings is 1. The van der Waals surface area contributed by atoms with E-state index >= 15 is 0 Å². The van der Waals surface area contributed by atoms with Crippen LogP contribution in [0.15, 0.2) is 30.5 Å². The number of alkyl halides is 1. The third-order valence-corrected chi connectivity index (χ3v) is 4.06. The number of nitrogens with one attached hydrogen (secondary N) is 1. The van der Waals surface area contributed by atoms with E-state index in [0.717, 1.165) is 5.33 Å². The number of aromatic nitrogens is 1. The Kier molecular flexibility index (Phi) is 2.40. The smallest absolute Gasteiger partial charge is 0.0456 e. The molecule has 1 N–H and O–H groups in total. The summed E-state index contributed by atoms with van der Waals surface area (Å²) in [5.74, 6) is 0. The van der Waals surface area contributed by atoms with Crippen LogP contribution in [0.4, 0.5) is 0 Å². The van der Waals surface area contributed by atoms with Gasteiger partial charge < -0.3 is 4.98 Å². The highest BCUT2D eigenvalue weighted by molar-refractivity contribution is 9.09. The predicted molar refractivity (Wildman–Crippen MR) is 65.1 cm³/mol. The van der Waals surface area contributed by atoms with Crippen LogP contribution >= 0.6 is 15.9 Å². The maximum absolute atomic E-state index is 3.57. The summed E-state index contributed by atoms with van der Waals surface area (Å²) in [6.07, 6.45) is 2.00. The Hall–Kier alpha value is -0.760. The molecule has 1 aromatic carbocycles. The van der Waals surface area contributed by atoms with Gasteiger partial charge in [0.1, 0.15) is 0 Å². The van der Waals surface area contributed by atoms with Crippen LogP contribution in [0.3, 0.4) is 0 Å². The standard InChI is InChI=1S/C12H14BrN/c1-12(2,8-13)10-4-3-5-11-9(10)6-7-14-11/h3-7,14H,8H2,1-2H3. The number of fused-ring (bicyclic) bond motifs is 1. The van der Waals surface area contributed by atoms with Crippen molar-refractivity contribution in [2.45, 2.75) is 19.3 Å². The third-order valence-electron chi connectivity index (χ3n) is 2.66. The minimum absolute atomic E-state index is 0.182. The Morgan fingerprint density at radius 1 is 1.29 bits per heavy atom. The van der Waals surface area contributed by atoms with E-state index in [9.17, 15) is 0 Å². The van der Waals surface area contributed by atoms with Gasteiger partial charge in [-0.2, -0.15) is 0 Å². The largest absolute Gasteiger partial charge is 0.361 e. The lowest BCUT2D eigenvalue weighted by atomic mass is 9.85. The van der Waals surface area contributed by atoms with Gasteiger partial charge in [-0.1, -0.05) is 41.9 Å². The van der Waals surface area contributed by atoms with Gasteiger partial charge in [0.2, 0.25) is 0 Å². The van der Waals surface area contributed by atoms with E-state index < -0.39 is 0 Å². The lowest BCUT2D eigenvalue weighted by Gasteiger charge is -2.23. The van der Waals surface area contributed by atoms with Crippen LogP contribution in [0.2, 0.25) is 0 Å². The molecule has 0 unspecified atom stereocenters. The zero-order valence-corrected chi connectivity index (χ0v) is 10.1. The van der Waals surface area contributed by atoms with E-state index in [2.05, 4.69) is 59.0 Å². The van der Waals surface area contributed by atoms with Gasteiger partial charge >= 0.3 is 0 Å². The molecule has 2 heteroatoms. The van der Waals surface area contributed by atoms with Gasteiger partial charge in [-0.15, -0.1) is 0 Å². The van der Waals surface area contributed by atoms with Gasteiger partial charge in [-0.25, -0.2) is 0 Å². The molecule has 0 saturated carbocycles. The van der Waals surface area contributed by atoms with Gasteiger partial charge in [0.25, 0.3) is 0 Å². The van der Waals surface area contributed by atoms with Crippen LogP contribution < -0.4 is 0 Å². The normalized spacial score (nSPS) is 12.2. The molecule has 1 nitrogen and oxygen atoms in total. The molecule has 74 valence electrons. The van der Waals surface area contributed by atoms with Crippen LogP contribution in [0.5, 0.6) is 0 Å². The lowest BCUT2D eigenvalue weighted by Crippen LogP contribution is -2.18. The van der Waals surface area contributed by atoms with Crippen molar-refractivity contribution in [3.63, 3.8) is 0 Å². The Balaban J connectivity index is 2.67. The first kappa shape index (κ1) is 9.78. The summed E-state index contributed by atoms with van der Waals surface area (Å²) < 4.78 is 0. The van der Waals surface area contributed by atoms with Crippen molar-refractivity contribution in [2.75, 3.05) is 5.33 Å². The van der Waals surface area contributed by atoms with Crippen molar-refractivity contribution in [1.82, 2.24) is 4.98 Å². The molecule has 0 atom stereocenters. The molecule has 0 aliphatic carbocycles. The molecule has 2 aromatic rings. The van der Waals surface area contributed by atoms with Crippen molar-refractivity contribution in [3.05, 3.63) is 36.0 Å². The number of rotatable bonds is 2. The van der Waals surface area contributed by atoms with Gasteiger partial charge in [0.15, 0.2) is 0 Å². The van der Waals surface area contributed by atoms with Crippen molar-refractivity contribution >= 4 is 26.8 Å². The molecule has 0 spiro atoms. The Morgan fingerprint density at radius 3 is 2.79 bits per heavy atom. The average molecular weight is 252 g/mol. The minimum Gasteiger partial charge on any atom is -0.361 e. The first-order chi connectivity index (χ1) is 6.65. The van der Waals surface area contributed by atoms with Gasteiger partial charge in [-0.05, 0) is 17.7 Å². The fourth-order valence-corrected chi connectivity index (χ4v) is 2.05. The lowest BCUT2D eigenvalue weighted by molar-refractivity contribution is 0.612. The van der Waals surface area contributed by atoms with Crippen molar-refractivity contribution in [3.8, 4) is 0 Å². The molecule has 0 fully saturated rings. The summed E-state index contributed by atoms with van der Waals surface area (Å²) >= 11 is 3.57. The second-order valence-electron chi connectivity index (χ2n) is 4.26. The van der Waals surface area contributed by atoms with E-state index in [1.807, 2.05) is 6.20 Å². The van der Waals surface area contributed by atoms with E-state index in [1.165, 1.54) is 16.5 Å². The van der Waals surface area contributed by atoms with Gasteiger partial charge in [-0.3, -0.25) is 0 Å². The summed E-state index contributed by atoms with van der Waals surface area (Å²) in [4.78, 5) is 3.24. The van der Waals surface area contributed by atoms with E-state index in [4.69, 9.17) is 0 Å². The number of H-pyrrole nitrogens is 1. The third kappa shape index (κ3) is 1.48. The van der Waals surface area contributed by atoms with Crippen LogP contribution in [0.1, 0.15) is 19.4 Å². The maximum Gasteiger partial charge on any atom is 0.0456 e. The second-order valence-corrected chi connectivity index (χ2v) is 4.82. The first-order valence-electron chi connectivity index (χ1n) is 4.78. The van der Waals surface area contributed by atoms with E-state index in [-0.39, 0.29) is 5.41 Å². The van der Waals surface area contributed by atoms with Crippen LogP contribution in [-0.2, 0) is 5.41 Å². The van der Waals surface area contributed by atoms with Crippen molar-refractivity contribution in [2.24, 2.45) is 0 Å². The number of hydrogen-bond acceptors (Lipinski definition) is 0. The molecule has 1 aromatic heterocycles. The summed E-state index contributed by atoms with van der Waals surface area (Å²) in [6, 6.07) is 8.58. The number of aromatic amines is 1. The van der Waals surface area contributed by atoms with Crippen molar-refractivity contribution in [1.29, 1.82) is 0 Å². The average Bonchev–Trinajstić information content (AvgIpc) is 2.64. The van der Waals surface area contributed by atoms with E-state index in [0.29, 0.717) is 0 Å². The van der Waals surface area contributed by atoms with Crippen LogP contribution in [-0.4, -0.2) is 10.3 Å². The molecule has 0 bridgehead atoms. The van der Waals surface area contributed by atoms with E-state index in [1.54, 1.807) is 0 Å². The van der Waals surface area contributed by atoms with Crippen molar-refractivity contribution < 1.29 is 0 Å². The monoisotopic (exact) mass is 251 g/mol. The molecular formula is C12H14BrN. The first-order valence-corrected chi connectivity index (χ1v) is 5.90. The molecule has 0 radical (unpaired) electrons. The molecular weight excluding hydrogens is 238 g/mol. The molecule has 0 aliphatic heterocycles. The Labute approximate surface area is 92.6 Å². The highest BCUT2D eigenvalue weighted by Gasteiger charge is 2.21. The maximum atomic E-state index is 3.57. The molecule has 0 amide bonds. The highest BCUT2D eigenvalue weighted by atomic mass is 79.9. The highest BCUT2D eigenvalue weighted by Crippen LogP contribution is 2.31. The Bertz CT molecular complexity index is 442. The molecule has 2 rings (SSSR count). The van der Waals surface area contributed by atoms with Gasteiger partial charge in [0.05, 0.1) is 0 Å². The molecule has 14 heavy (non-hydrogen) atoms. The van der Waals surface area contributed by atoms with Gasteiger partial charge in [0, 0.05) is 27.8 Å². The number of hydrogen-bond donors (Lipinski definition) is 1. The zero-order valence-electron chi connectivity index (χ0n) is 8.47. The Morgan fingerprint density at radius 2 is 2.07 bits per heavy atom. The summed E-state index contributed by atoms with van der Waals surface area (Å²) in [5.41, 5.74) is 2.80. The van der Waals surface area contributed by atoms with Crippen LogP contribution in [0.25, 0.3) is 10.9 Å². The second kappa shape index (κ2) is 3.43. The predicted octanol–water partition coefficient (Wildman–Crippen LogP) is 3.84.